The number of halogens is 1. The molecule has 2 heterocycles. The summed E-state index contributed by atoms with van der Waals surface area (Å²) >= 11 is 3.50. The number of aromatic amines is 1. The summed E-state index contributed by atoms with van der Waals surface area (Å²) in [5.74, 6) is 0.729. The van der Waals surface area contributed by atoms with Crippen LogP contribution in [0.25, 0.3) is 0 Å². The van der Waals surface area contributed by atoms with Crippen molar-refractivity contribution in [2.45, 2.75) is 33.1 Å². The smallest absolute Gasteiger partial charge is 0.275 e. The maximum Gasteiger partial charge on any atom is 0.275 e. The van der Waals surface area contributed by atoms with E-state index in [9.17, 15) is 4.79 Å². The third kappa shape index (κ3) is 3.23. The zero-order chi connectivity index (χ0) is 14.7. The molecular formula is C14H22BrN3O2. The van der Waals surface area contributed by atoms with E-state index in [4.69, 9.17) is 4.74 Å². The number of nitrogens with one attached hydrogen (secondary N) is 1. The van der Waals surface area contributed by atoms with Crippen LogP contribution in [0.4, 0.5) is 0 Å². The van der Waals surface area contributed by atoms with Gasteiger partial charge < -0.3 is 9.64 Å². The van der Waals surface area contributed by atoms with Crippen molar-refractivity contribution in [1.29, 1.82) is 0 Å². The Hall–Kier alpha value is -0.880. The Kier molecular flexibility index (Phi) is 5.21. The molecule has 6 heteroatoms. The minimum absolute atomic E-state index is 0.0191. The summed E-state index contributed by atoms with van der Waals surface area (Å²) in [7, 11) is 0. The van der Waals surface area contributed by atoms with Crippen LogP contribution >= 0.6 is 15.9 Å². The highest BCUT2D eigenvalue weighted by molar-refractivity contribution is 9.10. The van der Waals surface area contributed by atoms with Crippen LogP contribution in [-0.4, -0.2) is 47.3 Å². The lowest BCUT2D eigenvalue weighted by Crippen LogP contribution is -2.35. The predicted octanol–water partition coefficient (Wildman–Crippen LogP) is 2.79. The van der Waals surface area contributed by atoms with Gasteiger partial charge in [0, 0.05) is 25.6 Å². The van der Waals surface area contributed by atoms with Crippen molar-refractivity contribution in [2.24, 2.45) is 5.92 Å². The average molecular weight is 344 g/mol. The van der Waals surface area contributed by atoms with Gasteiger partial charge in [0.05, 0.1) is 16.8 Å². The average Bonchev–Trinajstić information content (AvgIpc) is 3.04. The Morgan fingerprint density at radius 1 is 1.60 bits per heavy atom. The van der Waals surface area contributed by atoms with Gasteiger partial charge in [-0.25, -0.2) is 0 Å². The van der Waals surface area contributed by atoms with Gasteiger partial charge in [0.2, 0.25) is 0 Å². The van der Waals surface area contributed by atoms with Crippen LogP contribution in [-0.2, 0) is 4.74 Å². The van der Waals surface area contributed by atoms with Gasteiger partial charge in [-0.15, -0.1) is 0 Å². The second-order valence-corrected chi connectivity index (χ2v) is 6.32. The van der Waals surface area contributed by atoms with E-state index in [1.54, 1.807) is 0 Å². The van der Waals surface area contributed by atoms with E-state index in [2.05, 4.69) is 40.0 Å². The molecule has 112 valence electrons. The highest BCUT2D eigenvalue weighted by Gasteiger charge is 2.26. The number of hydrogen-bond donors (Lipinski definition) is 1. The first-order valence-corrected chi connectivity index (χ1v) is 7.94. The summed E-state index contributed by atoms with van der Waals surface area (Å²) in [5, 5.41) is 7.14. The largest absolute Gasteiger partial charge is 0.381 e. The molecule has 20 heavy (non-hydrogen) atoms. The van der Waals surface area contributed by atoms with Gasteiger partial charge in [-0.3, -0.25) is 9.89 Å². The lowest BCUT2D eigenvalue weighted by atomic mass is 10.1. The maximum atomic E-state index is 12.6. The van der Waals surface area contributed by atoms with Gasteiger partial charge in [-0.05, 0) is 35.2 Å². The Morgan fingerprint density at radius 3 is 2.85 bits per heavy atom. The first-order chi connectivity index (χ1) is 9.54. The molecule has 1 amide bonds. The Labute approximate surface area is 128 Å². The second-order valence-electron chi connectivity index (χ2n) is 5.53. The van der Waals surface area contributed by atoms with Gasteiger partial charge >= 0.3 is 0 Å². The molecule has 1 saturated heterocycles. The number of rotatable bonds is 5. The number of amides is 1. The Morgan fingerprint density at radius 2 is 2.35 bits per heavy atom. The molecule has 0 unspecified atom stereocenters. The molecule has 0 radical (unpaired) electrons. The van der Waals surface area contributed by atoms with Crippen molar-refractivity contribution in [3.8, 4) is 0 Å². The molecule has 0 aromatic carbocycles. The van der Waals surface area contributed by atoms with Gasteiger partial charge in [0.1, 0.15) is 0 Å². The molecular weight excluding hydrogens is 322 g/mol. The van der Waals surface area contributed by atoms with Crippen molar-refractivity contribution in [3.63, 3.8) is 0 Å². The summed E-state index contributed by atoms with van der Waals surface area (Å²) < 4.78 is 6.17. The number of ether oxygens (including phenoxy) is 1. The SMILES string of the molecule is CCN(C[C@H]1CCOC1)C(=O)c1n[nH]c(C(C)C)c1Br. The van der Waals surface area contributed by atoms with E-state index in [1.165, 1.54) is 0 Å². The van der Waals surface area contributed by atoms with Crippen LogP contribution in [0.1, 0.15) is 49.3 Å². The van der Waals surface area contributed by atoms with Crippen molar-refractivity contribution in [2.75, 3.05) is 26.3 Å². The molecule has 1 N–H and O–H groups in total. The van der Waals surface area contributed by atoms with E-state index in [1.807, 2.05) is 11.8 Å². The zero-order valence-electron chi connectivity index (χ0n) is 12.3. The molecule has 1 aliphatic heterocycles. The number of carbonyl (C=O) groups excluding carboxylic acids is 1. The van der Waals surface area contributed by atoms with E-state index < -0.39 is 0 Å². The molecule has 1 aromatic heterocycles. The monoisotopic (exact) mass is 343 g/mol. The summed E-state index contributed by atoms with van der Waals surface area (Å²) in [4.78, 5) is 14.4. The topological polar surface area (TPSA) is 58.2 Å². The third-order valence-corrected chi connectivity index (χ3v) is 4.49. The summed E-state index contributed by atoms with van der Waals surface area (Å²) in [6, 6.07) is 0. The number of carbonyl (C=O) groups is 1. The van der Waals surface area contributed by atoms with Crippen LogP contribution < -0.4 is 0 Å². The minimum atomic E-state index is -0.0191. The number of aromatic nitrogens is 2. The van der Waals surface area contributed by atoms with Crippen LogP contribution in [0.3, 0.4) is 0 Å². The molecule has 1 aliphatic rings. The van der Waals surface area contributed by atoms with Crippen molar-refractivity contribution in [1.82, 2.24) is 15.1 Å². The van der Waals surface area contributed by atoms with Gasteiger partial charge in [0.15, 0.2) is 5.69 Å². The maximum absolute atomic E-state index is 12.6. The lowest BCUT2D eigenvalue weighted by molar-refractivity contribution is 0.0724. The molecule has 0 bridgehead atoms. The van der Waals surface area contributed by atoms with Crippen molar-refractivity contribution >= 4 is 21.8 Å². The van der Waals surface area contributed by atoms with Crippen LogP contribution in [0.5, 0.6) is 0 Å². The van der Waals surface area contributed by atoms with E-state index in [0.29, 0.717) is 24.1 Å². The van der Waals surface area contributed by atoms with E-state index in [0.717, 1.165) is 36.3 Å². The van der Waals surface area contributed by atoms with Gasteiger partial charge in [-0.1, -0.05) is 13.8 Å². The van der Waals surface area contributed by atoms with Crippen molar-refractivity contribution in [3.05, 3.63) is 15.9 Å². The fourth-order valence-electron chi connectivity index (χ4n) is 2.41. The number of nitrogens with zero attached hydrogens (tertiary/aromatic N) is 2. The predicted molar refractivity (Wildman–Crippen MR) is 80.9 cm³/mol. The summed E-state index contributed by atoms with van der Waals surface area (Å²) in [6.07, 6.45) is 1.03. The molecule has 0 saturated carbocycles. The molecule has 0 spiro atoms. The van der Waals surface area contributed by atoms with Crippen LogP contribution in [0, 0.1) is 5.92 Å². The molecule has 0 aliphatic carbocycles. The van der Waals surface area contributed by atoms with Crippen molar-refractivity contribution < 1.29 is 9.53 Å². The third-order valence-electron chi connectivity index (χ3n) is 3.68. The van der Waals surface area contributed by atoms with Crippen LogP contribution in [0.15, 0.2) is 4.47 Å². The fraction of sp³-hybridized carbons (Fsp3) is 0.714. The zero-order valence-corrected chi connectivity index (χ0v) is 13.9. The first kappa shape index (κ1) is 15.5. The molecule has 1 aromatic rings. The highest BCUT2D eigenvalue weighted by atomic mass is 79.9. The van der Waals surface area contributed by atoms with E-state index in [-0.39, 0.29) is 5.91 Å². The quantitative estimate of drug-likeness (QED) is 0.894. The van der Waals surface area contributed by atoms with Gasteiger partial charge in [0.25, 0.3) is 5.91 Å². The molecule has 1 fully saturated rings. The molecule has 1 atom stereocenters. The lowest BCUT2D eigenvalue weighted by Gasteiger charge is -2.23. The Bertz CT molecular complexity index is 467. The normalized spacial score (nSPS) is 18.8. The van der Waals surface area contributed by atoms with Gasteiger partial charge in [-0.2, -0.15) is 5.10 Å². The number of hydrogen-bond acceptors (Lipinski definition) is 3. The highest BCUT2D eigenvalue weighted by Crippen LogP contribution is 2.26. The fourth-order valence-corrected chi connectivity index (χ4v) is 3.22. The van der Waals surface area contributed by atoms with E-state index >= 15 is 0 Å². The second kappa shape index (κ2) is 6.72. The van der Waals surface area contributed by atoms with Crippen LogP contribution in [0.2, 0.25) is 0 Å². The first-order valence-electron chi connectivity index (χ1n) is 7.15. The summed E-state index contributed by atoms with van der Waals surface area (Å²) in [5.41, 5.74) is 1.45. The molecule has 2 rings (SSSR count). The minimum Gasteiger partial charge on any atom is -0.381 e. The summed E-state index contributed by atoms with van der Waals surface area (Å²) in [6.45, 7) is 9.12. The molecule has 5 nitrogen and oxygen atoms in total. The standard InChI is InChI=1S/C14H22BrN3O2/c1-4-18(7-10-5-6-20-8-10)14(19)13-11(15)12(9(2)3)16-17-13/h9-10H,4-8H2,1-3H3,(H,16,17)/t10-/m1/s1. The Balaban J connectivity index is 2.11. The number of H-pyrrole nitrogens is 1.